The molecule has 0 heterocycles. The molecule has 0 atom stereocenters. The summed E-state index contributed by atoms with van der Waals surface area (Å²) < 4.78 is 4.46. The first-order valence-corrected chi connectivity index (χ1v) is 3.38. The third-order valence-electron chi connectivity index (χ3n) is 1.21. The van der Waals surface area contributed by atoms with Crippen LogP contribution in [0.15, 0.2) is 0 Å². The number of hydrogen-bond donors (Lipinski definition) is 0. The van der Waals surface area contributed by atoms with Crippen molar-refractivity contribution in [1.29, 1.82) is 0 Å². The van der Waals surface area contributed by atoms with Gasteiger partial charge in [-0.25, -0.2) is 0 Å². The third kappa shape index (κ3) is 7.98. The molecule has 0 aliphatic carbocycles. The summed E-state index contributed by atoms with van der Waals surface area (Å²) >= 11 is 0. The van der Waals surface area contributed by atoms with Crippen molar-refractivity contribution >= 4 is 5.97 Å². The van der Waals surface area contributed by atoms with Crippen LogP contribution in [0.5, 0.6) is 0 Å². The van der Waals surface area contributed by atoms with Crippen LogP contribution in [0.3, 0.4) is 0 Å². The number of hydrogen-bond acceptors (Lipinski definition) is 2. The van der Waals surface area contributed by atoms with E-state index in [1.165, 1.54) is 7.11 Å². The Labute approximate surface area is 72.5 Å². The predicted octanol–water partition coefficient (Wildman–Crippen LogP) is 1.74. The van der Waals surface area contributed by atoms with Crippen LogP contribution < -0.4 is 0 Å². The van der Waals surface area contributed by atoms with Crippen LogP contribution in [0.25, 0.3) is 0 Å². The van der Waals surface area contributed by atoms with Gasteiger partial charge in [0.2, 0.25) is 0 Å². The summed E-state index contributed by atoms with van der Waals surface area (Å²) in [7, 11) is 1.42. The number of ether oxygens (including phenoxy) is 1. The SMILES string of the molecule is CCCCCC(=O)OC.[Co]. The van der Waals surface area contributed by atoms with Gasteiger partial charge in [0.25, 0.3) is 0 Å². The molecule has 0 spiro atoms. The van der Waals surface area contributed by atoms with Crippen LogP contribution in [0, 0.1) is 0 Å². The second kappa shape index (κ2) is 8.98. The predicted molar refractivity (Wildman–Crippen MR) is 36.2 cm³/mol. The normalized spacial score (nSPS) is 8.20. The maximum Gasteiger partial charge on any atom is 0.305 e. The molecule has 0 rings (SSSR count). The van der Waals surface area contributed by atoms with E-state index in [9.17, 15) is 4.79 Å². The Balaban J connectivity index is 0. The van der Waals surface area contributed by atoms with Gasteiger partial charge in [-0.1, -0.05) is 19.8 Å². The minimum atomic E-state index is -0.0940. The van der Waals surface area contributed by atoms with E-state index in [2.05, 4.69) is 11.7 Å². The number of carbonyl (C=O) groups excluding carboxylic acids is 1. The average Bonchev–Trinajstić information content (AvgIpc) is 1.89. The Kier molecular flexibility index (Phi) is 11.3. The summed E-state index contributed by atoms with van der Waals surface area (Å²) in [4.78, 5) is 10.5. The third-order valence-corrected chi connectivity index (χ3v) is 1.21. The number of rotatable bonds is 4. The van der Waals surface area contributed by atoms with Crippen LogP contribution in [0.4, 0.5) is 0 Å². The number of methoxy groups -OCH3 is 1. The van der Waals surface area contributed by atoms with Crippen LogP contribution in [0.1, 0.15) is 32.6 Å². The fourth-order valence-electron chi connectivity index (χ4n) is 0.621. The molecule has 2 nitrogen and oxygen atoms in total. The maximum absolute atomic E-state index is 10.5. The first kappa shape index (κ1) is 12.6. The van der Waals surface area contributed by atoms with Crippen LogP contribution in [-0.2, 0) is 26.3 Å². The summed E-state index contributed by atoms with van der Waals surface area (Å²) in [5, 5.41) is 0. The van der Waals surface area contributed by atoms with E-state index in [-0.39, 0.29) is 22.7 Å². The Bertz CT molecular complexity index is 83.7. The molecule has 63 valence electrons. The zero-order valence-electron chi connectivity index (χ0n) is 6.48. The molecule has 0 aliphatic heterocycles. The summed E-state index contributed by atoms with van der Waals surface area (Å²) in [6, 6.07) is 0. The molecule has 0 bridgehead atoms. The minimum absolute atomic E-state index is 0. The molecule has 0 saturated heterocycles. The molecule has 0 fully saturated rings. The second-order valence-corrected chi connectivity index (χ2v) is 2.03. The fourth-order valence-corrected chi connectivity index (χ4v) is 0.621. The molecule has 0 N–H and O–H groups in total. The van der Waals surface area contributed by atoms with E-state index in [0.717, 1.165) is 19.3 Å². The smallest absolute Gasteiger partial charge is 0.305 e. The zero-order valence-corrected chi connectivity index (χ0v) is 7.52. The van der Waals surface area contributed by atoms with Gasteiger partial charge in [-0.05, 0) is 6.42 Å². The number of esters is 1. The van der Waals surface area contributed by atoms with Gasteiger partial charge in [-0.2, -0.15) is 0 Å². The van der Waals surface area contributed by atoms with Crippen molar-refractivity contribution < 1.29 is 26.3 Å². The molecule has 1 radical (unpaired) electrons. The van der Waals surface area contributed by atoms with Gasteiger partial charge in [0.05, 0.1) is 7.11 Å². The topological polar surface area (TPSA) is 26.3 Å². The van der Waals surface area contributed by atoms with Gasteiger partial charge in [0.15, 0.2) is 0 Å². The van der Waals surface area contributed by atoms with Gasteiger partial charge < -0.3 is 4.74 Å². The first-order valence-electron chi connectivity index (χ1n) is 3.38. The average molecular weight is 189 g/mol. The molecule has 0 aromatic heterocycles. The maximum atomic E-state index is 10.5. The molecule has 0 amide bonds. The number of unbranched alkanes of at least 4 members (excludes halogenated alkanes) is 2. The Morgan fingerprint density at radius 3 is 2.40 bits per heavy atom. The summed E-state index contributed by atoms with van der Waals surface area (Å²) in [5.74, 6) is -0.0940. The van der Waals surface area contributed by atoms with E-state index in [1.54, 1.807) is 0 Å². The van der Waals surface area contributed by atoms with Crippen molar-refractivity contribution in [3.8, 4) is 0 Å². The van der Waals surface area contributed by atoms with Crippen LogP contribution in [0.2, 0.25) is 0 Å². The molecule has 10 heavy (non-hydrogen) atoms. The molecule has 0 unspecified atom stereocenters. The molecular weight excluding hydrogens is 175 g/mol. The quantitative estimate of drug-likeness (QED) is 0.497. The largest absolute Gasteiger partial charge is 0.469 e. The number of carbonyl (C=O) groups is 1. The zero-order chi connectivity index (χ0) is 7.11. The van der Waals surface area contributed by atoms with Crippen molar-refractivity contribution in [2.24, 2.45) is 0 Å². The molecule has 0 aliphatic rings. The minimum Gasteiger partial charge on any atom is -0.469 e. The Hall–Kier alpha value is -0.0235. The van der Waals surface area contributed by atoms with Crippen molar-refractivity contribution in [1.82, 2.24) is 0 Å². The van der Waals surface area contributed by atoms with Gasteiger partial charge in [0, 0.05) is 23.2 Å². The Morgan fingerprint density at radius 1 is 1.40 bits per heavy atom. The molecular formula is C7H14CoO2. The van der Waals surface area contributed by atoms with E-state index >= 15 is 0 Å². The Morgan fingerprint density at radius 2 is 2.00 bits per heavy atom. The molecule has 0 aromatic carbocycles. The second-order valence-electron chi connectivity index (χ2n) is 2.03. The van der Waals surface area contributed by atoms with Gasteiger partial charge in [-0.15, -0.1) is 0 Å². The van der Waals surface area contributed by atoms with Gasteiger partial charge in [-0.3, -0.25) is 4.79 Å². The van der Waals surface area contributed by atoms with E-state index in [0.29, 0.717) is 6.42 Å². The van der Waals surface area contributed by atoms with Crippen molar-refractivity contribution in [3.63, 3.8) is 0 Å². The van der Waals surface area contributed by atoms with Gasteiger partial charge >= 0.3 is 5.97 Å². The molecule has 0 saturated carbocycles. The first-order chi connectivity index (χ1) is 4.31. The van der Waals surface area contributed by atoms with Gasteiger partial charge in [0.1, 0.15) is 0 Å². The standard InChI is InChI=1S/C7H14O2.Co/c1-3-4-5-6-7(8)9-2;/h3-6H2,1-2H3;. The summed E-state index contributed by atoms with van der Waals surface area (Å²) in [5.41, 5.74) is 0. The van der Waals surface area contributed by atoms with E-state index in [4.69, 9.17) is 0 Å². The van der Waals surface area contributed by atoms with E-state index in [1.807, 2.05) is 0 Å². The van der Waals surface area contributed by atoms with Crippen LogP contribution in [-0.4, -0.2) is 13.1 Å². The summed E-state index contributed by atoms with van der Waals surface area (Å²) in [6.45, 7) is 2.11. The van der Waals surface area contributed by atoms with Crippen LogP contribution >= 0.6 is 0 Å². The van der Waals surface area contributed by atoms with E-state index < -0.39 is 0 Å². The molecule has 3 heteroatoms. The monoisotopic (exact) mass is 189 g/mol. The van der Waals surface area contributed by atoms with Crippen molar-refractivity contribution in [2.45, 2.75) is 32.6 Å². The summed E-state index contributed by atoms with van der Waals surface area (Å²) in [6.07, 6.45) is 3.81. The van der Waals surface area contributed by atoms with Crippen molar-refractivity contribution in [2.75, 3.05) is 7.11 Å². The fraction of sp³-hybridized carbons (Fsp3) is 0.857. The van der Waals surface area contributed by atoms with Crippen molar-refractivity contribution in [3.05, 3.63) is 0 Å². The molecule has 0 aromatic rings.